The van der Waals surface area contributed by atoms with Gasteiger partial charge in [-0.2, -0.15) is 0 Å². The lowest BCUT2D eigenvalue weighted by molar-refractivity contribution is 0.589. The van der Waals surface area contributed by atoms with E-state index in [1.54, 1.807) is 0 Å². The largest absolute Gasteiger partial charge is 0.370 e. The molecule has 0 saturated heterocycles. The Balaban J connectivity index is 2.67. The summed E-state index contributed by atoms with van der Waals surface area (Å²) in [5.74, 6) is 2.19. The van der Waals surface area contributed by atoms with Crippen molar-refractivity contribution in [3.8, 4) is 0 Å². The summed E-state index contributed by atoms with van der Waals surface area (Å²) in [4.78, 5) is 8.63. The zero-order valence-electron chi connectivity index (χ0n) is 11.7. The Morgan fingerprint density at radius 2 is 1.63 bits per heavy atom. The summed E-state index contributed by atoms with van der Waals surface area (Å²) in [5.41, 5.74) is 0.923. The summed E-state index contributed by atoms with van der Waals surface area (Å²) in [7, 11) is -3.15. The molecule has 0 saturated carbocycles. The first-order valence-corrected chi connectivity index (χ1v) is 8.00. The highest BCUT2D eigenvalue weighted by Gasteiger charge is 2.08. The molecule has 108 valence electrons. The first-order valence-electron chi connectivity index (χ1n) is 6.11. The highest BCUT2D eigenvalue weighted by atomic mass is 32.2. The third-order valence-electron chi connectivity index (χ3n) is 2.38. The standard InChI is InChI=1S/C11H21N5O2S/c1-5-12-10-8(2)11(16-9(3)15-10)13-6-7-14-19(4,17)18/h14H,5-7H2,1-4H3,(H2,12,13,15,16). The number of hydrogen-bond acceptors (Lipinski definition) is 6. The number of nitrogens with zero attached hydrogens (tertiary/aromatic N) is 2. The number of hydrogen-bond donors (Lipinski definition) is 3. The zero-order chi connectivity index (χ0) is 14.5. The van der Waals surface area contributed by atoms with Gasteiger partial charge in [0.2, 0.25) is 10.0 Å². The number of sulfonamides is 1. The van der Waals surface area contributed by atoms with Crippen LogP contribution in [-0.2, 0) is 10.0 Å². The van der Waals surface area contributed by atoms with Gasteiger partial charge in [0.25, 0.3) is 0 Å². The van der Waals surface area contributed by atoms with Gasteiger partial charge in [0.05, 0.1) is 6.26 Å². The maximum Gasteiger partial charge on any atom is 0.208 e. The second-order valence-electron chi connectivity index (χ2n) is 4.22. The molecule has 0 aliphatic heterocycles. The number of aromatic nitrogens is 2. The molecule has 8 heteroatoms. The fourth-order valence-electron chi connectivity index (χ4n) is 1.56. The maximum atomic E-state index is 10.9. The maximum absolute atomic E-state index is 10.9. The van der Waals surface area contributed by atoms with E-state index >= 15 is 0 Å². The van der Waals surface area contributed by atoms with E-state index in [1.807, 2.05) is 20.8 Å². The van der Waals surface area contributed by atoms with Gasteiger partial charge in [0.1, 0.15) is 17.5 Å². The minimum absolute atomic E-state index is 0.317. The van der Waals surface area contributed by atoms with Gasteiger partial charge in [0.15, 0.2) is 0 Å². The van der Waals surface area contributed by atoms with Crippen molar-refractivity contribution in [1.82, 2.24) is 14.7 Å². The van der Waals surface area contributed by atoms with E-state index in [9.17, 15) is 8.42 Å². The van der Waals surface area contributed by atoms with Gasteiger partial charge < -0.3 is 10.6 Å². The van der Waals surface area contributed by atoms with Crippen LogP contribution in [0, 0.1) is 13.8 Å². The number of rotatable bonds is 7. The Morgan fingerprint density at radius 3 is 2.16 bits per heavy atom. The molecule has 0 atom stereocenters. The average molecular weight is 287 g/mol. The normalized spacial score (nSPS) is 11.4. The lowest BCUT2D eigenvalue weighted by Crippen LogP contribution is -2.28. The predicted octanol–water partition coefficient (Wildman–Crippen LogP) is 0.486. The van der Waals surface area contributed by atoms with Crippen LogP contribution >= 0.6 is 0 Å². The molecule has 1 rings (SSSR count). The van der Waals surface area contributed by atoms with Gasteiger partial charge in [-0.25, -0.2) is 23.1 Å². The first-order chi connectivity index (χ1) is 8.83. The summed E-state index contributed by atoms with van der Waals surface area (Å²) in [6, 6.07) is 0. The Labute approximate surface area is 114 Å². The molecule has 0 aliphatic carbocycles. The molecule has 1 aromatic heterocycles. The second-order valence-corrected chi connectivity index (χ2v) is 6.05. The molecule has 3 N–H and O–H groups in total. The second kappa shape index (κ2) is 6.67. The van der Waals surface area contributed by atoms with E-state index in [0.29, 0.717) is 18.9 Å². The number of anilines is 2. The first kappa shape index (κ1) is 15.6. The van der Waals surface area contributed by atoms with E-state index in [-0.39, 0.29) is 0 Å². The number of nitrogens with one attached hydrogen (secondary N) is 3. The van der Waals surface area contributed by atoms with Crippen LogP contribution in [0.1, 0.15) is 18.3 Å². The quantitative estimate of drug-likeness (QED) is 0.632. The number of aryl methyl sites for hydroxylation is 1. The van der Waals surface area contributed by atoms with Crippen LogP contribution in [0.25, 0.3) is 0 Å². The SMILES string of the molecule is CCNc1nc(C)nc(NCCNS(C)(=O)=O)c1C. The Hall–Kier alpha value is -1.41. The Bertz CT molecular complexity index is 530. The molecule has 0 aliphatic rings. The molecule has 0 amide bonds. The van der Waals surface area contributed by atoms with Crippen LogP contribution in [0.5, 0.6) is 0 Å². The van der Waals surface area contributed by atoms with Gasteiger partial charge in [0, 0.05) is 25.2 Å². The van der Waals surface area contributed by atoms with Gasteiger partial charge in [-0.3, -0.25) is 0 Å². The Morgan fingerprint density at radius 1 is 1.05 bits per heavy atom. The molecule has 1 heterocycles. The third kappa shape index (κ3) is 5.39. The fourth-order valence-corrected chi connectivity index (χ4v) is 2.03. The third-order valence-corrected chi connectivity index (χ3v) is 3.11. The molecule has 0 radical (unpaired) electrons. The topological polar surface area (TPSA) is 96.0 Å². The van der Waals surface area contributed by atoms with Crippen molar-refractivity contribution < 1.29 is 8.42 Å². The monoisotopic (exact) mass is 287 g/mol. The van der Waals surface area contributed by atoms with Crippen molar-refractivity contribution in [1.29, 1.82) is 0 Å². The lowest BCUT2D eigenvalue weighted by atomic mass is 10.3. The molecule has 0 aromatic carbocycles. The van der Waals surface area contributed by atoms with E-state index in [2.05, 4.69) is 25.3 Å². The molecular weight excluding hydrogens is 266 g/mol. The van der Waals surface area contributed by atoms with Crippen LogP contribution < -0.4 is 15.4 Å². The average Bonchev–Trinajstić information content (AvgIpc) is 2.29. The molecule has 19 heavy (non-hydrogen) atoms. The van der Waals surface area contributed by atoms with E-state index in [0.717, 1.165) is 30.0 Å². The highest BCUT2D eigenvalue weighted by Crippen LogP contribution is 2.19. The van der Waals surface area contributed by atoms with Gasteiger partial charge in [-0.15, -0.1) is 0 Å². The molecule has 1 aromatic rings. The van der Waals surface area contributed by atoms with Gasteiger partial charge in [-0.05, 0) is 20.8 Å². The van der Waals surface area contributed by atoms with Crippen molar-refractivity contribution in [2.75, 3.05) is 36.5 Å². The van der Waals surface area contributed by atoms with Gasteiger partial charge >= 0.3 is 0 Å². The van der Waals surface area contributed by atoms with Crippen molar-refractivity contribution in [3.05, 3.63) is 11.4 Å². The molecular formula is C11H21N5O2S. The van der Waals surface area contributed by atoms with Crippen LogP contribution in [0.2, 0.25) is 0 Å². The summed E-state index contributed by atoms with van der Waals surface area (Å²) in [6.07, 6.45) is 1.14. The minimum Gasteiger partial charge on any atom is -0.370 e. The summed E-state index contributed by atoms with van der Waals surface area (Å²) < 4.78 is 24.3. The smallest absolute Gasteiger partial charge is 0.208 e. The van der Waals surface area contributed by atoms with Crippen LogP contribution in [0.15, 0.2) is 0 Å². The minimum atomic E-state index is -3.15. The molecule has 0 bridgehead atoms. The van der Waals surface area contributed by atoms with E-state index in [4.69, 9.17) is 0 Å². The molecule has 0 spiro atoms. The zero-order valence-corrected chi connectivity index (χ0v) is 12.6. The summed E-state index contributed by atoms with van der Waals surface area (Å²) >= 11 is 0. The van der Waals surface area contributed by atoms with Crippen molar-refractivity contribution in [2.45, 2.75) is 20.8 Å². The predicted molar refractivity (Wildman–Crippen MR) is 77.0 cm³/mol. The van der Waals surface area contributed by atoms with Crippen molar-refractivity contribution >= 4 is 21.7 Å². The fraction of sp³-hybridized carbons (Fsp3) is 0.636. The van der Waals surface area contributed by atoms with Gasteiger partial charge in [-0.1, -0.05) is 0 Å². The van der Waals surface area contributed by atoms with E-state index < -0.39 is 10.0 Å². The Kier molecular flexibility index (Phi) is 5.49. The summed E-state index contributed by atoms with van der Waals surface area (Å²) in [5, 5.41) is 6.28. The van der Waals surface area contributed by atoms with Crippen molar-refractivity contribution in [3.63, 3.8) is 0 Å². The van der Waals surface area contributed by atoms with E-state index in [1.165, 1.54) is 0 Å². The summed E-state index contributed by atoms with van der Waals surface area (Å²) in [6.45, 7) is 7.31. The lowest BCUT2D eigenvalue weighted by Gasteiger charge is -2.13. The molecule has 0 fully saturated rings. The van der Waals surface area contributed by atoms with Crippen LogP contribution in [0.3, 0.4) is 0 Å². The molecule has 0 unspecified atom stereocenters. The van der Waals surface area contributed by atoms with Crippen LogP contribution in [0.4, 0.5) is 11.6 Å². The van der Waals surface area contributed by atoms with Crippen molar-refractivity contribution in [2.24, 2.45) is 0 Å². The highest BCUT2D eigenvalue weighted by molar-refractivity contribution is 7.88. The molecule has 7 nitrogen and oxygen atoms in total. The van der Waals surface area contributed by atoms with Crippen LogP contribution in [-0.4, -0.2) is 44.3 Å².